The maximum Gasteiger partial charge on any atom is 0.244 e. The number of ether oxygens (including phenoxy) is 1. The molecule has 0 saturated carbocycles. The van der Waals surface area contributed by atoms with Gasteiger partial charge in [0.25, 0.3) is 0 Å². The van der Waals surface area contributed by atoms with Crippen LogP contribution in [0, 0.1) is 0 Å². The van der Waals surface area contributed by atoms with Crippen molar-refractivity contribution in [2.24, 2.45) is 0 Å². The molecule has 1 aliphatic heterocycles. The minimum atomic E-state index is -0.181. The van der Waals surface area contributed by atoms with E-state index in [1.807, 2.05) is 37.4 Å². The molecule has 1 aromatic heterocycles. The number of benzene rings is 1. The minimum absolute atomic E-state index is 0.118. The van der Waals surface area contributed by atoms with Crippen molar-refractivity contribution < 1.29 is 9.53 Å². The Morgan fingerprint density at radius 1 is 1.35 bits per heavy atom. The zero-order valence-electron chi connectivity index (χ0n) is 11.6. The lowest BCUT2D eigenvalue weighted by Crippen LogP contribution is -2.31. The Hall–Kier alpha value is -2.30. The number of nitrogens with one attached hydrogen (secondary N) is 1. The molecule has 20 heavy (non-hydrogen) atoms. The second-order valence-electron chi connectivity index (χ2n) is 4.97. The molecule has 2 aromatic rings. The summed E-state index contributed by atoms with van der Waals surface area (Å²) in [5, 5.41) is 4.22. The summed E-state index contributed by atoms with van der Waals surface area (Å²) in [7, 11) is 3.45. The molecule has 1 atom stereocenters. The Labute approximate surface area is 117 Å². The molecular formula is C15H17N3O2. The predicted molar refractivity (Wildman–Crippen MR) is 78.0 cm³/mol. The molecule has 3 rings (SSSR count). The maximum absolute atomic E-state index is 11.9. The zero-order chi connectivity index (χ0) is 14.1. The highest BCUT2D eigenvalue weighted by Crippen LogP contribution is 2.25. The highest BCUT2D eigenvalue weighted by molar-refractivity contribution is 5.88. The third-order valence-corrected chi connectivity index (χ3v) is 3.65. The van der Waals surface area contributed by atoms with Crippen LogP contribution >= 0.6 is 0 Å². The molecule has 2 heterocycles. The number of fused-ring (bicyclic) bond motifs is 1. The lowest BCUT2D eigenvalue weighted by molar-refractivity contribution is -0.127. The van der Waals surface area contributed by atoms with Crippen LogP contribution in [0.25, 0.3) is 10.9 Å². The van der Waals surface area contributed by atoms with Gasteiger partial charge in [-0.15, -0.1) is 0 Å². The second kappa shape index (κ2) is 5.00. The van der Waals surface area contributed by atoms with Gasteiger partial charge in [0.1, 0.15) is 23.1 Å². The molecule has 1 N–H and O–H groups in total. The molecule has 0 radical (unpaired) electrons. The number of para-hydroxylation sites is 1. The number of hydrogen-bond acceptors (Lipinski definition) is 4. The van der Waals surface area contributed by atoms with E-state index in [0.717, 1.165) is 29.6 Å². The van der Waals surface area contributed by atoms with Crippen molar-refractivity contribution in [3.05, 3.63) is 30.3 Å². The molecular weight excluding hydrogens is 254 g/mol. The Morgan fingerprint density at radius 3 is 2.90 bits per heavy atom. The summed E-state index contributed by atoms with van der Waals surface area (Å²) < 4.78 is 5.33. The summed E-state index contributed by atoms with van der Waals surface area (Å²) in [5.41, 5.74) is 0.804. The van der Waals surface area contributed by atoms with Gasteiger partial charge in [-0.25, -0.2) is 4.98 Å². The SMILES string of the molecule is COc1cccc2ccc(NC3CCN(C)C3=O)nc12. The van der Waals surface area contributed by atoms with Crippen LogP contribution in [-0.4, -0.2) is 42.5 Å². The van der Waals surface area contributed by atoms with Gasteiger partial charge in [-0.1, -0.05) is 12.1 Å². The summed E-state index contributed by atoms with van der Waals surface area (Å²) in [5.74, 6) is 1.56. The van der Waals surface area contributed by atoms with Crippen LogP contribution in [0.4, 0.5) is 5.82 Å². The van der Waals surface area contributed by atoms with Crippen molar-refractivity contribution in [2.75, 3.05) is 26.0 Å². The van der Waals surface area contributed by atoms with Crippen molar-refractivity contribution >= 4 is 22.6 Å². The minimum Gasteiger partial charge on any atom is -0.494 e. The van der Waals surface area contributed by atoms with E-state index in [0.29, 0.717) is 5.82 Å². The number of pyridine rings is 1. The number of carbonyl (C=O) groups is 1. The number of hydrogen-bond donors (Lipinski definition) is 1. The molecule has 1 saturated heterocycles. The van der Waals surface area contributed by atoms with Gasteiger partial charge in [-0.05, 0) is 24.6 Å². The number of carbonyl (C=O) groups excluding carboxylic acids is 1. The lowest BCUT2D eigenvalue weighted by Gasteiger charge is -2.13. The molecule has 1 aromatic carbocycles. The molecule has 104 valence electrons. The van der Waals surface area contributed by atoms with Gasteiger partial charge in [0.2, 0.25) is 5.91 Å². The van der Waals surface area contributed by atoms with Crippen LogP contribution in [0.1, 0.15) is 6.42 Å². The Morgan fingerprint density at radius 2 is 2.20 bits per heavy atom. The fourth-order valence-electron chi connectivity index (χ4n) is 2.50. The normalized spacial score (nSPS) is 18.6. The van der Waals surface area contributed by atoms with Gasteiger partial charge in [0, 0.05) is 19.0 Å². The number of nitrogens with zero attached hydrogens (tertiary/aromatic N) is 2. The largest absolute Gasteiger partial charge is 0.494 e. The van der Waals surface area contributed by atoms with Gasteiger partial charge >= 0.3 is 0 Å². The number of likely N-dealkylation sites (tertiary alicyclic amines) is 1. The maximum atomic E-state index is 11.9. The summed E-state index contributed by atoms with van der Waals surface area (Å²) in [6.07, 6.45) is 0.807. The van der Waals surface area contributed by atoms with Gasteiger partial charge in [-0.3, -0.25) is 4.79 Å². The monoisotopic (exact) mass is 271 g/mol. The van der Waals surface area contributed by atoms with E-state index in [2.05, 4.69) is 10.3 Å². The van der Waals surface area contributed by atoms with E-state index >= 15 is 0 Å². The van der Waals surface area contributed by atoms with E-state index in [9.17, 15) is 4.79 Å². The number of aromatic nitrogens is 1. The van der Waals surface area contributed by atoms with Crippen molar-refractivity contribution in [1.29, 1.82) is 0 Å². The van der Waals surface area contributed by atoms with Gasteiger partial charge in [0.15, 0.2) is 0 Å². The van der Waals surface area contributed by atoms with Crippen LogP contribution in [0.3, 0.4) is 0 Å². The molecule has 1 unspecified atom stereocenters. The number of amides is 1. The molecule has 1 aliphatic rings. The average Bonchev–Trinajstić information content (AvgIpc) is 2.78. The van der Waals surface area contributed by atoms with Crippen LogP contribution in [0.2, 0.25) is 0 Å². The molecule has 0 spiro atoms. The van der Waals surface area contributed by atoms with Gasteiger partial charge < -0.3 is 15.0 Å². The first-order valence-corrected chi connectivity index (χ1v) is 6.64. The van der Waals surface area contributed by atoms with Gasteiger partial charge in [-0.2, -0.15) is 0 Å². The van der Waals surface area contributed by atoms with E-state index < -0.39 is 0 Å². The quantitative estimate of drug-likeness (QED) is 0.926. The zero-order valence-corrected chi connectivity index (χ0v) is 11.6. The lowest BCUT2D eigenvalue weighted by atomic mass is 10.2. The molecule has 0 aliphatic carbocycles. The summed E-state index contributed by atoms with van der Waals surface area (Å²) in [6, 6.07) is 9.51. The predicted octanol–water partition coefficient (Wildman–Crippen LogP) is 1.89. The van der Waals surface area contributed by atoms with Crippen LogP contribution in [0.15, 0.2) is 30.3 Å². The first kappa shape index (κ1) is 12.7. The third kappa shape index (κ3) is 2.15. The summed E-state index contributed by atoms with van der Waals surface area (Å²) in [6.45, 7) is 0.785. The fraction of sp³-hybridized carbons (Fsp3) is 0.333. The molecule has 5 nitrogen and oxygen atoms in total. The van der Waals surface area contributed by atoms with E-state index in [1.165, 1.54) is 0 Å². The van der Waals surface area contributed by atoms with Crippen LogP contribution < -0.4 is 10.1 Å². The number of methoxy groups -OCH3 is 1. The molecule has 0 bridgehead atoms. The Bertz CT molecular complexity index is 657. The highest BCUT2D eigenvalue weighted by Gasteiger charge is 2.29. The van der Waals surface area contributed by atoms with Crippen molar-refractivity contribution in [3.63, 3.8) is 0 Å². The Balaban J connectivity index is 1.91. The van der Waals surface area contributed by atoms with Crippen molar-refractivity contribution in [2.45, 2.75) is 12.5 Å². The van der Waals surface area contributed by atoms with Gasteiger partial charge in [0.05, 0.1) is 7.11 Å². The molecule has 1 amide bonds. The summed E-state index contributed by atoms with van der Waals surface area (Å²) in [4.78, 5) is 18.2. The summed E-state index contributed by atoms with van der Waals surface area (Å²) >= 11 is 0. The average molecular weight is 271 g/mol. The fourth-order valence-corrected chi connectivity index (χ4v) is 2.50. The second-order valence-corrected chi connectivity index (χ2v) is 4.97. The van der Waals surface area contributed by atoms with E-state index in [-0.39, 0.29) is 11.9 Å². The van der Waals surface area contributed by atoms with Crippen LogP contribution in [0.5, 0.6) is 5.75 Å². The number of anilines is 1. The van der Waals surface area contributed by atoms with Crippen LogP contribution in [-0.2, 0) is 4.79 Å². The first-order chi connectivity index (χ1) is 9.69. The molecule has 5 heteroatoms. The van der Waals surface area contributed by atoms with Crippen molar-refractivity contribution in [1.82, 2.24) is 9.88 Å². The highest BCUT2D eigenvalue weighted by atomic mass is 16.5. The third-order valence-electron chi connectivity index (χ3n) is 3.65. The van der Waals surface area contributed by atoms with E-state index in [4.69, 9.17) is 4.74 Å². The standard InChI is InChI=1S/C15H17N3O2/c1-18-9-8-11(15(18)19)16-13-7-6-10-4-3-5-12(20-2)14(10)17-13/h3-7,11H,8-9H2,1-2H3,(H,16,17). The number of likely N-dealkylation sites (N-methyl/N-ethyl adjacent to an activating group) is 1. The smallest absolute Gasteiger partial charge is 0.244 e. The van der Waals surface area contributed by atoms with Crippen molar-refractivity contribution in [3.8, 4) is 5.75 Å². The Kier molecular flexibility index (Phi) is 3.18. The topological polar surface area (TPSA) is 54.5 Å². The number of rotatable bonds is 3. The molecule has 1 fully saturated rings. The first-order valence-electron chi connectivity index (χ1n) is 6.64. The van der Waals surface area contributed by atoms with E-state index in [1.54, 1.807) is 12.0 Å².